The largest absolute Gasteiger partial charge is 0.327 e. The number of hydrogen-bond acceptors (Lipinski definition) is 2. The quantitative estimate of drug-likeness (QED) is 0.562. The lowest BCUT2D eigenvalue weighted by atomic mass is 10.5. The fourth-order valence-electron chi connectivity index (χ4n) is 0.325. The van der Waals surface area contributed by atoms with E-state index >= 15 is 0 Å². The van der Waals surface area contributed by atoms with E-state index in [9.17, 15) is 0 Å². The fraction of sp³-hybridized carbons (Fsp3) is 0.286. The molecule has 0 amide bonds. The topological polar surface area (TPSA) is 38.4 Å². The first-order valence-corrected chi connectivity index (χ1v) is 2.91. The van der Waals surface area contributed by atoms with Crippen LogP contribution in [0.15, 0.2) is 29.4 Å². The Morgan fingerprint density at radius 2 is 2.33 bits per heavy atom. The zero-order valence-corrected chi connectivity index (χ0v) is 5.62. The number of allylic oxidation sites excluding steroid dienone is 2. The molecule has 0 bridgehead atoms. The van der Waals surface area contributed by atoms with Crippen molar-refractivity contribution in [2.75, 3.05) is 6.54 Å². The summed E-state index contributed by atoms with van der Waals surface area (Å²) in [6.45, 7) is 2.49. The highest BCUT2D eigenvalue weighted by molar-refractivity contribution is 5.71. The highest BCUT2D eigenvalue weighted by Crippen LogP contribution is 1.71. The van der Waals surface area contributed by atoms with E-state index in [1.807, 2.05) is 25.2 Å². The smallest absolute Gasteiger partial charge is 0.0264 e. The monoisotopic (exact) mass is 124 g/mol. The van der Waals surface area contributed by atoms with Gasteiger partial charge in [-0.2, -0.15) is 0 Å². The van der Waals surface area contributed by atoms with Crippen LogP contribution in [0, 0.1) is 0 Å². The van der Waals surface area contributed by atoms with Crippen molar-refractivity contribution in [3.8, 4) is 0 Å². The van der Waals surface area contributed by atoms with Gasteiger partial charge in [-0.3, -0.25) is 4.99 Å². The molecule has 2 N–H and O–H groups in total. The molecule has 2 heteroatoms. The van der Waals surface area contributed by atoms with E-state index < -0.39 is 0 Å². The first-order chi connectivity index (χ1) is 4.41. The normalized spacial score (nSPS) is 12.7. The van der Waals surface area contributed by atoms with Gasteiger partial charge in [0, 0.05) is 19.0 Å². The Hall–Kier alpha value is -0.890. The molecular weight excluding hydrogens is 112 g/mol. The van der Waals surface area contributed by atoms with E-state index in [4.69, 9.17) is 5.73 Å². The van der Waals surface area contributed by atoms with E-state index in [1.165, 1.54) is 0 Å². The van der Waals surface area contributed by atoms with Gasteiger partial charge in [-0.15, -0.1) is 0 Å². The van der Waals surface area contributed by atoms with Gasteiger partial charge in [-0.25, -0.2) is 0 Å². The summed E-state index contributed by atoms with van der Waals surface area (Å²) >= 11 is 0. The van der Waals surface area contributed by atoms with Crippen LogP contribution in [-0.2, 0) is 0 Å². The second kappa shape index (κ2) is 7.11. The summed E-state index contributed by atoms with van der Waals surface area (Å²) in [4.78, 5) is 3.88. The van der Waals surface area contributed by atoms with Crippen molar-refractivity contribution in [1.82, 2.24) is 0 Å². The summed E-state index contributed by atoms with van der Waals surface area (Å²) < 4.78 is 0. The fourth-order valence-corrected chi connectivity index (χ4v) is 0.325. The molecule has 0 rings (SSSR count). The minimum atomic E-state index is 0.571. The van der Waals surface area contributed by atoms with Crippen molar-refractivity contribution in [3.63, 3.8) is 0 Å². The number of rotatable bonds is 3. The maximum Gasteiger partial charge on any atom is 0.0264 e. The minimum Gasteiger partial charge on any atom is -0.327 e. The van der Waals surface area contributed by atoms with Gasteiger partial charge < -0.3 is 5.73 Å². The van der Waals surface area contributed by atoms with Crippen LogP contribution in [0.2, 0.25) is 0 Å². The first kappa shape index (κ1) is 8.11. The van der Waals surface area contributed by atoms with E-state index in [2.05, 4.69) is 4.99 Å². The van der Waals surface area contributed by atoms with Gasteiger partial charge in [0.25, 0.3) is 0 Å². The summed E-state index contributed by atoms with van der Waals surface area (Å²) in [5.41, 5.74) is 5.18. The Labute approximate surface area is 55.8 Å². The van der Waals surface area contributed by atoms with Crippen molar-refractivity contribution in [2.24, 2.45) is 10.7 Å². The summed E-state index contributed by atoms with van der Waals surface area (Å²) in [5.74, 6) is 0. The van der Waals surface area contributed by atoms with Crippen LogP contribution in [0.1, 0.15) is 6.92 Å². The molecule has 0 unspecified atom stereocenters. The highest BCUT2D eigenvalue weighted by Gasteiger charge is 1.60. The second-order valence-corrected chi connectivity index (χ2v) is 1.44. The molecule has 2 nitrogen and oxygen atoms in total. The van der Waals surface area contributed by atoms with Crippen LogP contribution in [-0.4, -0.2) is 12.8 Å². The van der Waals surface area contributed by atoms with Gasteiger partial charge in [0.15, 0.2) is 0 Å². The Kier molecular flexibility index (Phi) is 6.41. The van der Waals surface area contributed by atoms with Gasteiger partial charge in [-0.1, -0.05) is 12.2 Å². The molecule has 0 aromatic rings. The summed E-state index contributed by atoms with van der Waals surface area (Å²) in [5, 5.41) is 0. The third-order valence-corrected chi connectivity index (χ3v) is 0.679. The van der Waals surface area contributed by atoms with Gasteiger partial charge in [0.1, 0.15) is 0 Å². The minimum absolute atomic E-state index is 0.571. The molecular formula is C7H12N2. The van der Waals surface area contributed by atoms with E-state index in [0.717, 1.165) is 0 Å². The molecule has 0 radical (unpaired) electrons. The van der Waals surface area contributed by atoms with Crippen LogP contribution >= 0.6 is 0 Å². The molecule has 0 saturated carbocycles. The van der Waals surface area contributed by atoms with Gasteiger partial charge >= 0.3 is 0 Å². The zero-order chi connectivity index (χ0) is 6.95. The van der Waals surface area contributed by atoms with Crippen LogP contribution in [0.25, 0.3) is 0 Å². The number of hydrogen-bond donors (Lipinski definition) is 1. The molecule has 0 fully saturated rings. The molecule has 0 aliphatic heterocycles. The molecule has 9 heavy (non-hydrogen) atoms. The van der Waals surface area contributed by atoms with Crippen LogP contribution < -0.4 is 5.73 Å². The number of nitrogens with zero attached hydrogens (tertiary/aromatic N) is 1. The highest BCUT2D eigenvalue weighted by atomic mass is 14.6. The number of aliphatic imine (C=N–C) groups is 1. The summed E-state index contributed by atoms with van der Waals surface area (Å²) in [7, 11) is 0. The zero-order valence-electron chi connectivity index (χ0n) is 5.62. The molecule has 0 atom stereocenters. The Morgan fingerprint density at radius 3 is 2.89 bits per heavy atom. The van der Waals surface area contributed by atoms with Crippen molar-refractivity contribution < 1.29 is 0 Å². The first-order valence-electron chi connectivity index (χ1n) is 2.91. The third-order valence-electron chi connectivity index (χ3n) is 0.679. The van der Waals surface area contributed by atoms with Gasteiger partial charge in [-0.05, 0) is 13.0 Å². The standard InChI is InChI=1S/C7H12N2/c1-2-6-9-7-4-3-5-8/h2-4,6-7H,5,8H2,1H3/b4-3+,6-2-,9-7-. The van der Waals surface area contributed by atoms with Crippen LogP contribution in [0.3, 0.4) is 0 Å². The van der Waals surface area contributed by atoms with E-state index in [0.29, 0.717) is 6.54 Å². The maximum atomic E-state index is 5.18. The molecule has 0 aliphatic rings. The summed E-state index contributed by atoms with van der Waals surface area (Å²) in [6.07, 6.45) is 8.95. The third kappa shape index (κ3) is 7.11. The Bertz CT molecular complexity index is 123. The molecule has 0 spiro atoms. The molecule has 0 aromatic heterocycles. The lowest BCUT2D eigenvalue weighted by Crippen LogP contribution is -1.91. The van der Waals surface area contributed by atoms with Gasteiger partial charge in [0.2, 0.25) is 0 Å². The lowest BCUT2D eigenvalue weighted by molar-refractivity contribution is 1.26. The van der Waals surface area contributed by atoms with Crippen molar-refractivity contribution in [3.05, 3.63) is 24.4 Å². The van der Waals surface area contributed by atoms with E-state index in [-0.39, 0.29) is 0 Å². The van der Waals surface area contributed by atoms with Crippen molar-refractivity contribution in [2.45, 2.75) is 6.92 Å². The molecule has 0 aromatic carbocycles. The van der Waals surface area contributed by atoms with Crippen molar-refractivity contribution >= 4 is 6.21 Å². The Balaban J connectivity index is 3.35. The second-order valence-electron chi connectivity index (χ2n) is 1.44. The molecule has 0 heterocycles. The predicted octanol–water partition coefficient (Wildman–Crippen LogP) is 1.11. The SMILES string of the molecule is C\C=C/N=C\C=C\CN. The average molecular weight is 124 g/mol. The van der Waals surface area contributed by atoms with Gasteiger partial charge in [0.05, 0.1) is 0 Å². The molecule has 0 saturated heterocycles. The maximum absolute atomic E-state index is 5.18. The van der Waals surface area contributed by atoms with Crippen LogP contribution in [0.5, 0.6) is 0 Å². The predicted molar refractivity (Wildman–Crippen MR) is 41.5 cm³/mol. The van der Waals surface area contributed by atoms with Crippen LogP contribution in [0.4, 0.5) is 0 Å². The Morgan fingerprint density at radius 1 is 1.56 bits per heavy atom. The van der Waals surface area contributed by atoms with Crippen molar-refractivity contribution in [1.29, 1.82) is 0 Å². The molecule has 0 aliphatic carbocycles. The number of nitrogens with two attached hydrogens (primary N) is 1. The average Bonchev–Trinajstić information content (AvgIpc) is 1.89. The molecule has 50 valence electrons. The van der Waals surface area contributed by atoms with E-state index in [1.54, 1.807) is 12.4 Å². The summed E-state index contributed by atoms with van der Waals surface area (Å²) in [6, 6.07) is 0. The lowest BCUT2D eigenvalue weighted by Gasteiger charge is -1.73.